The number of rotatable bonds is 2. The number of amides is 4. The molecule has 0 saturated carbocycles. The molecule has 6 heterocycles. The number of ether oxygens (including phenoxy) is 2. The fourth-order valence-corrected chi connectivity index (χ4v) is 6.45. The molecule has 0 radical (unpaired) electrons. The van der Waals surface area contributed by atoms with Crippen LogP contribution in [0.3, 0.4) is 0 Å². The van der Waals surface area contributed by atoms with E-state index in [9.17, 15) is 14.4 Å². The molecule has 3 fully saturated rings. The highest BCUT2D eigenvalue weighted by Gasteiger charge is 2.63. The minimum atomic E-state index is -1.73. The maximum absolute atomic E-state index is 16.4. The fraction of sp³-hybridized carbons (Fsp3) is 0.500. The summed E-state index contributed by atoms with van der Waals surface area (Å²) < 4.78 is 34.8. The second-order valence-corrected chi connectivity index (χ2v) is 10.3. The summed E-state index contributed by atoms with van der Waals surface area (Å²) in [6.07, 6.45) is 0.270. The first-order valence-corrected chi connectivity index (χ1v) is 12.7. The van der Waals surface area contributed by atoms with Crippen molar-refractivity contribution in [2.75, 3.05) is 42.6 Å². The molecule has 3 saturated heterocycles. The third kappa shape index (κ3) is 3.32. The van der Waals surface area contributed by atoms with Crippen molar-refractivity contribution in [1.82, 2.24) is 30.6 Å². The Balaban J connectivity index is 1.41. The molecule has 204 valence electrons. The van der Waals surface area contributed by atoms with Crippen molar-refractivity contribution < 1.29 is 32.8 Å². The molecule has 0 unspecified atom stereocenters. The van der Waals surface area contributed by atoms with E-state index in [1.165, 1.54) is 11.0 Å². The van der Waals surface area contributed by atoms with Crippen LogP contribution in [-0.4, -0.2) is 88.9 Å². The second-order valence-electron chi connectivity index (χ2n) is 10.3. The van der Waals surface area contributed by atoms with Crippen molar-refractivity contribution in [3.8, 4) is 5.82 Å². The van der Waals surface area contributed by atoms with Gasteiger partial charge in [-0.3, -0.25) is 20.2 Å². The van der Waals surface area contributed by atoms with Crippen molar-refractivity contribution in [2.24, 2.45) is 5.41 Å². The molecule has 15 heteroatoms. The van der Waals surface area contributed by atoms with E-state index in [-0.39, 0.29) is 36.2 Å². The van der Waals surface area contributed by atoms with Crippen LogP contribution in [0.1, 0.15) is 19.4 Å². The van der Waals surface area contributed by atoms with E-state index in [0.29, 0.717) is 43.2 Å². The van der Waals surface area contributed by atoms with Gasteiger partial charge in [-0.05, 0) is 25.5 Å². The van der Waals surface area contributed by atoms with Gasteiger partial charge in [-0.2, -0.15) is 14.8 Å². The SMILES string of the molecule is C[C@@H]1CN2c3c(cc4c(-n5ncnc5N5CCOCC5)noc4c3F)CC3(C(=O)NC(=O)NC3=O)[C@H]2[C@H](C)O1. The lowest BCUT2D eigenvalue weighted by Crippen LogP contribution is -2.75. The van der Waals surface area contributed by atoms with Crippen LogP contribution in [0.2, 0.25) is 0 Å². The van der Waals surface area contributed by atoms with Crippen LogP contribution in [0, 0.1) is 11.2 Å². The molecule has 7 rings (SSSR count). The predicted octanol–water partition coefficient (Wildman–Crippen LogP) is 0.275. The van der Waals surface area contributed by atoms with E-state index in [1.54, 1.807) is 17.9 Å². The van der Waals surface area contributed by atoms with Gasteiger partial charge in [0.15, 0.2) is 11.2 Å². The van der Waals surface area contributed by atoms with Crippen molar-refractivity contribution in [2.45, 2.75) is 38.5 Å². The molecule has 4 amide bonds. The zero-order valence-electron chi connectivity index (χ0n) is 21.1. The van der Waals surface area contributed by atoms with Crippen molar-refractivity contribution >= 4 is 40.5 Å². The lowest BCUT2D eigenvalue weighted by Gasteiger charge is -2.55. The largest absolute Gasteiger partial charge is 0.378 e. The van der Waals surface area contributed by atoms with E-state index >= 15 is 4.39 Å². The molecule has 39 heavy (non-hydrogen) atoms. The number of morpholine rings is 2. The van der Waals surface area contributed by atoms with Crippen LogP contribution in [-0.2, 0) is 25.5 Å². The quantitative estimate of drug-likeness (QED) is 0.430. The summed E-state index contributed by atoms with van der Waals surface area (Å²) in [5.74, 6) is -1.44. The van der Waals surface area contributed by atoms with Gasteiger partial charge in [0.1, 0.15) is 6.33 Å². The number of hydrogen-bond donors (Lipinski definition) is 2. The minimum Gasteiger partial charge on any atom is -0.378 e. The van der Waals surface area contributed by atoms with Gasteiger partial charge in [0.25, 0.3) is 0 Å². The molecular formula is C24H25FN8O6. The summed E-state index contributed by atoms with van der Waals surface area (Å²) in [7, 11) is 0. The zero-order valence-corrected chi connectivity index (χ0v) is 21.1. The number of nitrogens with one attached hydrogen (secondary N) is 2. The Morgan fingerprint density at radius 2 is 1.87 bits per heavy atom. The van der Waals surface area contributed by atoms with Gasteiger partial charge in [0, 0.05) is 26.1 Å². The molecule has 4 aliphatic rings. The third-order valence-electron chi connectivity index (χ3n) is 7.97. The summed E-state index contributed by atoms with van der Waals surface area (Å²) in [5, 5.41) is 13.2. The van der Waals surface area contributed by atoms with Gasteiger partial charge >= 0.3 is 6.03 Å². The minimum absolute atomic E-state index is 0.0820. The van der Waals surface area contributed by atoms with E-state index in [0.717, 1.165) is 0 Å². The van der Waals surface area contributed by atoms with Gasteiger partial charge in [-0.1, -0.05) is 5.16 Å². The van der Waals surface area contributed by atoms with Gasteiger partial charge in [-0.25, -0.2) is 9.18 Å². The number of barbiturate groups is 1. The van der Waals surface area contributed by atoms with Crippen molar-refractivity contribution in [3.05, 3.63) is 23.8 Å². The van der Waals surface area contributed by atoms with E-state index < -0.39 is 41.2 Å². The summed E-state index contributed by atoms with van der Waals surface area (Å²) in [6, 6.07) is -0.0909. The molecule has 2 aromatic heterocycles. The molecule has 0 aliphatic carbocycles. The summed E-state index contributed by atoms with van der Waals surface area (Å²) in [4.78, 5) is 46.8. The number of benzene rings is 1. The average molecular weight is 541 g/mol. The monoisotopic (exact) mass is 540 g/mol. The Kier molecular flexibility index (Phi) is 5.19. The maximum Gasteiger partial charge on any atom is 0.328 e. The Bertz CT molecular complexity index is 1510. The first-order valence-electron chi connectivity index (χ1n) is 12.7. The lowest BCUT2D eigenvalue weighted by atomic mass is 9.66. The molecule has 14 nitrogen and oxygen atoms in total. The number of carbonyl (C=O) groups is 3. The second kappa shape index (κ2) is 8.44. The average Bonchev–Trinajstić information content (AvgIpc) is 3.54. The highest BCUT2D eigenvalue weighted by atomic mass is 19.1. The highest BCUT2D eigenvalue weighted by Crippen LogP contribution is 2.49. The number of aromatic nitrogens is 4. The molecule has 0 bridgehead atoms. The number of halogens is 1. The molecule has 3 atom stereocenters. The normalized spacial score (nSPS) is 26.4. The van der Waals surface area contributed by atoms with Gasteiger partial charge in [0.05, 0.1) is 42.5 Å². The Labute approximate surface area is 220 Å². The van der Waals surface area contributed by atoms with Crippen molar-refractivity contribution in [3.63, 3.8) is 0 Å². The van der Waals surface area contributed by atoms with Crippen LogP contribution in [0.5, 0.6) is 0 Å². The van der Waals surface area contributed by atoms with Gasteiger partial charge < -0.3 is 23.8 Å². The topological polar surface area (TPSA) is 157 Å². The molecule has 1 aromatic carbocycles. The van der Waals surface area contributed by atoms with E-state index in [1.807, 2.05) is 11.8 Å². The molecule has 4 aliphatic heterocycles. The van der Waals surface area contributed by atoms with E-state index in [2.05, 4.69) is 25.9 Å². The number of anilines is 2. The molecule has 3 aromatic rings. The number of nitrogens with zero attached hydrogens (tertiary/aromatic N) is 6. The zero-order chi connectivity index (χ0) is 27.1. The molecule has 1 spiro atoms. The van der Waals surface area contributed by atoms with Crippen LogP contribution in [0.25, 0.3) is 16.8 Å². The van der Waals surface area contributed by atoms with E-state index in [4.69, 9.17) is 14.0 Å². The summed E-state index contributed by atoms with van der Waals surface area (Å²) in [6.45, 7) is 6.03. The number of imide groups is 2. The number of urea groups is 1. The molecule has 2 N–H and O–H groups in total. The first kappa shape index (κ1) is 24.0. The Morgan fingerprint density at radius 3 is 2.62 bits per heavy atom. The van der Waals surface area contributed by atoms with Crippen LogP contribution in [0.15, 0.2) is 16.9 Å². The standard InChI is InChI=1S/C24H25FN8O6/c1-11-9-32-16-13(8-24(18(32)12(2)38-11)20(34)28-22(36)29-21(24)35)7-14-17(15(16)25)39-30-19(14)33-23(26-10-27-33)31-3-5-37-6-4-31/h7,10-12,18H,3-6,8-9H2,1-2H3,(H2,28,29,34,35,36)/t11-,12+,18-/m1/s1. The number of carbonyl (C=O) groups excluding carboxylic acids is 3. The summed E-state index contributed by atoms with van der Waals surface area (Å²) in [5.41, 5.74) is -1.20. The van der Waals surface area contributed by atoms with Crippen LogP contribution in [0.4, 0.5) is 20.8 Å². The summed E-state index contributed by atoms with van der Waals surface area (Å²) >= 11 is 0. The smallest absolute Gasteiger partial charge is 0.328 e. The Hall–Kier alpha value is -4.11. The number of fused-ring (bicyclic) bond motifs is 5. The maximum atomic E-state index is 16.4. The highest BCUT2D eigenvalue weighted by molar-refractivity contribution is 6.20. The van der Waals surface area contributed by atoms with Gasteiger partial charge in [0.2, 0.25) is 29.2 Å². The Morgan fingerprint density at radius 1 is 1.13 bits per heavy atom. The molecular weight excluding hydrogens is 515 g/mol. The fourth-order valence-electron chi connectivity index (χ4n) is 6.45. The van der Waals surface area contributed by atoms with Crippen molar-refractivity contribution in [1.29, 1.82) is 0 Å². The van der Waals surface area contributed by atoms with Crippen LogP contribution < -0.4 is 20.4 Å². The van der Waals surface area contributed by atoms with Crippen LogP contribution >= 0.6 is 0 Å². The number of hydrogen-bond acceptors (Lipinski definition) is 11. The van der Waals surface area contributed by atoms with Gasteiger partial charge in [-0.15, -0.1) is 0 Å². The first-order chi connectivity index (χ1) is 18.8. The lowest BCUT2D eigenvalue weighted by molar-refractivity contribution is -0.153. The predicted molar refractivity (Wildman–Crippen MR) is 131 cm³/mol. The third-order valence-corrected chi connectivity index (χ3v) is 7.97.